The molecule has 2 aromatic rings. The number of nitrogens with zero attached hydrogens (tertiary/aromatic N) is 1. The van der Waals surface area contributed by atoms with Gasteiger partial charge in [0.25, 0.3) is 5.91 Å². The predicted octanol–water partition coefficient (Wildman–Crippen LogP) is 2.46. The number of piperidine rings is 1. The number of sulfonamides is 1. The highest BCUT2D eigenvalue weighted by Crippen LogP contribution is 2.34. The van der Waals surface area contributed by atoms with E-state index in [1.807, 2.05) is 25.1 Å². The smallest absolute Gasteiger partial charge is 0.322 e. The number of aliphatic carboxylic acids is 1. The van der Waals surface area contributed by atoms with Crippen molar-refractivity contribution < 1.29 is 23.1 Å². The number of benzene rings is 2. The SMILES string of the molecule is CC1CC(c2ccccc2)CCN1S(=O)(=O)c1ccc(C(=O)NCC(=O)O)cc1. The number of carbonyl (C=O) groups is 2. The van der Waals surface area contributed by atoms with Crippen LogP contribution in [0.1, 0.15) is 41.6 Å². The Bertz CT molecular complexity index is 974. The maximum atomic E-state index is 13.1. The summed E-state index contributed by atoms with van der Waals surface area (Å²) in [5.74, 6) is -1.38. The molecule has 0 bridgehead atoms. The average molecular weight is 416 g/mol. The Morgan fingerprint density at radius 1 is 1.10 bits per heavy atom. The summed E-state index contributed by atoms with van der Waals surface area (Å²) in [6, 6.07) is 15.6. The lowest BCUT2D eigenvalue weighted by molar-refractivity contribution is -0.135. The summed E-state index contributed by atoms with van der Waals surface area (Å²) in [5.41, 5.74) is 1.44. The molecule has 29 heavy (non-hydrogen) atoms. The number of carboxylic acids is 1. The first-order valence-electron chi connectivity index (χ1n) is 9.46. The Morgan fingerprint density at radius 2 is 1.76 bits per heavy atom. The summed E-state index contributed by atoms with van der Waals surface area (Å²) in [6.07, 6.45) is 1.50. The van der Waals surface area contributed by atoms with E-state index < -0.39 is 28.4 Å². The van der Waals surface area contributed by atoms with Gasteiger partial charge in [-0.15, -0.1) is 0 Å². The van der Waals surface area contributed by atoms with Gasteiger partial charge in [0.05, 0.1) is 4.90 Å². The Morgan fingerprint density at radius 3 is 2.34 bits per heavy atom. The summed E-state index contributed by atoms with van der Waals surface area (Å²) < 4.78 is 27.7. The Hall–Kier alpha value is -2.71. The minimum absolute atomic E-state index is 0.122. The average Bonchev–Trinajstić information content (AvgIpc) is 2.72. The third-order valence-corrected chi connectivity index (χ3v) is 7.24. The molecule has 2 unspecified atom stereocenters. The first-order chi connectivity index (χ1) is 13.8. The van der Waals surface area contributed by atoms with Gasteiger partial charge in [-0.3, -0.25) is 9.59 Å². The Kier molecular flexibility index (Phi) is 6.34. The van der Waals surface area contributed by atoms with E-state index in [0.29, 0.717) is 12.5 Å². The van der Waals surface area contributed by atoms with Gasteiger partial charge in [0.1, 0.15) is 6.54 Å². The van der Waals surface area contributed by atoms with Crippen molar-refractivity contribution in [2.24, 2.45) is 0 Å². The van der Waals surface area contributed by atoms with Gasteiger partial charge in [0, 0.05) is 18.2 Å². The first-order valence-corrected chi connectivity index (χ1v) is 10.9. The van der Waals surface area contributed by atoms with Crippen LogP contribution in [-0.2, 0) is 14.8 Å². The largest absolute Gasteiger partial charge is 0.480 e. The number of amides is 1. The van der Waals surface area contributed by atoms with E-state index in [4.69, 9.17) is 5.11 Å². The van der Waals surface area contributed by atoms with Gasteiger partial charge >= 0.3 is 5.97 Å². The topological polar surface area (TPSA) is 104 Å². The molecule has 3 rings (SSSR count). The van der Waals surface area contributed by atoms with E-state index in [2.05, 4.69) is 17.4 Å². The maximum absolute atomic E-state index is 13.1. The summed E-state index contributed by atoms with van der Waals surface area (Å²) in [7, 11) is -3.68. The van der Waals surface area contributed by atoms with Crippen molar-refractivity contribution in [2.45, 2.75) is 36.6 Å². The van der Waals surface area contributed by atoms with Gasteiger partial charge in [0.15, 0.2) is 0 Å². The molecule has 0 aliphatic carbocycles. The van der Waals surface area contributed by atoms with Crippen LogP contribution < -0.4 is 5.32 Å². The van der Waals surface area contributed by atoms with Crippen molar-refractivity contribution in [1.29, 1.82) is 0 Å². The van der Waals surface area contributed by atoms with Crippen LogP contribution in [0.3, 0.4) is 0 Å². The van der Waals surface area contributed by atoms with Crippen LogP contribution in [0.4, 0.5) is 0 Å². The second-order valence-electron chi connectivity index (χ2n) is 7.20. The van der Waals surface area contributed by atoms with Crippen LogP contribution in [0.2, 0.25) is 0 Å². The number of hydrogen-bond donors (Lipinski definition) is 2. The van der Waals surface area contributed by atoms with E-state index in [0.717, 1.165) is 12.8 Å². The van der Waals surface area contributed by atoms with Crippen LogP contribution in [0.5, 0.6) is 0 Å². The fourth-order valence-electron chi connectivity index (χ4n) is 3.71. The molecule has 154 valence electrons. The molecule has 1 fully saturated rings. The predicted molar refractivity (Wildman–Crippen MR) is 108 cm³/mol. The zero-order chi connectivity index (χ0) is 21.0. The van der Waals surface area contributed by atoms with Crippen molar-refractivity contribution in [1.82, 2.24) is 9.62 Å². The minimum atomic E-state index is -3.68. The van der Waals surface area contributed by atoms with Gasteiger partial charge in [0.2, 0.25) is 10.0 Å². The zero-order valence-electron chi connectivity index (χ0n) is 16.1. The van der Waals surface area contributed by atoms with Crippen LogP contribution >= 0.6 is 0 Å². The van der Waals surface area contributed by atoms with Crippen molar-refractivity contribution in [2.75, 3.05) is 13.1 Å². The van der Waals surface area contributed by atoms with Crippen LogP contribution in [0.15, 0.2) is 59.5 Å². The monoisotopic (exact) mass is 416 g/mol. The molecule has 1 heterocycles. The summed E-state index contributed by atoms with van der Waals surface area (Å²) in [5, 5.41) is 10.9. The van der Waals surface area contributed by atoms with Gasteiger partial charge in [-0.1, -0.05) is 30.3 Å². The number of carbonyl (C=O) groups excluding carboxylic acids is 1. The lowest BCUT2D eigenvalue weighted by Gasteiger charge is -2.37. The quantitative estimate of drug-likeness (QED) is 0.753. The lowest BCUT2D eigenvalue weighted by atomic mass is 9.87. The van der Waals surface area contributed by atoms with Crippen molar-refractivity contribution in [3.05, 3.63) is 65.7 Å². The lowest BCUT2D eigenvalue weighted by Crippen LogP contribution is -2.44. The van der Waals surface area contributed by atoms with E-state index >= 15 is 0 Å². The third kappa shape index (κ3) is 4.83. The van der Waals surface area contributed by atoms with Crippen molar-refractivity contribution in [3.8, 4) is 0 Å². The standard InChI is InChI=1S/C21H24N2O5S/c1-15-13-18(16-5-3-2-4-6-16)11-12-23(15)29(27,28)19-9-7-17(8-10-19)21(26)22-14-20(24)25/h2-10,15,18H,11-14H2,1H3,(H,22,26)(H,24,25). The molecular weight excluding hydrogens is 392 g/mol. The second kappa shape index (κ2) is 8.75. The molecule has 7 nitrogen and oxygen atoms in total. The highest BCUT2D eigenvalue weighted by atomic mass is 32.2. The molecule has 8 heteroatoms. The molecule has 2 atom stereocenters. The maximum Gasteiger partial charge on any atom is 0.322 e. The summed E-state index contributed by atoms with van der Waals surface area (Å²) in [4.78, 5) is 22.6. The highest BCUT2D eigenvalue weighted by molar-refractivity contribution is 7.89. The van der Waals surface area contributed by atoms with E-state index in [1.165, 1.54) is 34.1 Å². The molecular formula is C21H24N2O5S. The van der Waals surface area contributed by atoms with Crippen LogP contribution in [0.25, 0.3) is 0 Å². The van der Waals surface area contributed by atoms with Gasteiger partial charge in [-0.25, -0.2) is 8.42 Å². The molecule has 1 aliphatic heterocycles. The molecule has 0 saturated carbocycles. The van der Waals surface area contributed by atoms with E-state index in [-0.39, 0.29) is 16.5 Å². The first kappa shape index (κ1) is 21.0. The fourth-order valence-corrected chi connectivity index (χ4v) is 5.36. The van der Waals surface area contributed by atoms with E-state index in [1.54, 1.807) is 0 Å². The van der Waals surface area contributed by atoms with Crippen molar-refractivity contribution in [3.63, 3.8) is 0 Å². The fraction of sp³-hybridized carbons (Fsp3) is 0.333. The second-order valence-corrected chi connectivity index (χ2v) is 9.09. The van der Waals surface area contributed by atoms with Crippen molar-refractivity contribution >= 4 is 21.9 Å². The summed E-state index contributed by atoms with van der Waals surface area (Å²) >= 11 is 0. The number of rotatable bonds is 6. The molecule has 1 amide bonds. The van der Waals surface area contributed by atoms with Crippen LogP contribution in [-0.4, -0.2) is 48.8 Å². The van der Waals surface area contributed by atoms with E-state index in [9.17, 15) is 18.0 Å². The molecule has 2 N–H and O–H groups in total. The Balaban J connectivity index is 1.70. The van der Waals surface area contributed by atoms with Gasteiger partial charge in [-0.05, 0) is 55.5 Å². The molecule has 2 aromatic carbocycles. The van der Waals surface area contributed by atoms with Gasteiger partial charge in [-0.2, -0.15) is 4.31 Å². The molecule has 0 aromatic heterocycles. The van der Waals surface area contributed by atoms with Gasteiger partial charge < -0.3 is 10.4 Å². The normalized spacial score (nSPS) is 20.2. The Labute approximate surface area is 170 Å². The number of nitrogens with one attached hydrogen (secondary N) is 1. The molecule has 1 aliphatic rings. The molecule has 1 saturated heterocycles. The summed E-state index contributed by atoms with van der Waals surface area (Å²) in [6.45, 7) is 1.86. The number of hydrogen-bond acceptors (Lipinski definition) is 4. The highest BCUT2D eigenvalue weighted by Gasteiger charge is 2.34. The minimum Gasteiger partial charge on any atom is -0.480 e. The number of carboxylic acid groups (broad SMARTS) is 1. The molecule has 0 radical (unpaired) electrons. The van der Waals surface area contributed by atoms with Crippen LogP contribution in [0, 0.1) is 0 Å². The molecule has 0 spiro atoms. The zero-order valence-corrected chi connectivity index (χ0v) is 16.9. The third-order valence-electron chi connectivity index (χ3n) is 5.21.